The van der Waals surface area contributed by atoms with Crippen LogP contribution < -0.4 is 9.47 Å². The fraction of sp³-hybridized carbons (Fsp3) is 0.258. The lowest BCUT2D eigenvalue weighted by Crippen LogP contribution is -2.06. The van der Waals surface area contributed by atoms with Gasteiger partial charge in [-0.3, -0.25) is 4.79 Å². The molecule has 41 heavy (non-hydrogen) atoms. The molecule has 10 heteroatoms. The summed E-state index contributed by atoms with van der Waals surface area (Å²) in [7, 11) is 0. The molecule has 1 aliphatic rings. The topological polar surface area (TPSA) is 74.5 Å². The highest BCUT2D eigenvalue weighted by molar-refractivity contribution is 7.18. The Morgan fingerprint density at radius 2 is 1.83 bits per heavy atom. The van der Waals surface area contributed by atoms with Crippen molar-refractivity contribution in [2.75, 3.05) is 0 Å². The molecule has 2 unspecified atom stereocenters. The first-order valence-electron chi connectivity index (χ1n) is 13.1. The zero-order chi connectivity index (χ0) is 28.9. The van der Waals surface area contributed by atoms with E-state index in [0.29, 0.717) is 50.1 Å². The third kappa shape index (κ3) is 5.21. The van der Waals surface area contributed by atoms with Gasteiger partial charge in [-0.05, 0) is 48.4 Å². The summed E-state index contributed by atoms with van der Waals surface area (Å²) in [5.41, 5.74) is 3.78. The van der Waals surface area contributed by atoms with Crippen molar-refractivity contribution in [3.05, 3.63) is 91.6 Å². The molecule has 6 rings (SSSR count). The molecule has 0 saturated heterocycles. The van der Waals surface area contributed by atoms with Crippen LogP contribution in [0.25, 0.3) is 21.5 Å². The minimum absolute atomic E-state index is 0.0838. The average molecular weight is 628 g/mol. The summed E-state index contributed by atoms with van der Waals surface area (Å²) in [6.07, 6.45) is 0.935. The summed E-state index contributed by atoms with van der Waals surface area (Å²) in [4.78, 5) is 15.5. The number of fused-ring (bicyclic) bond motifs is 1. The second-order valence-corrected chi connectivity index (χ2v) is 12.9. The zero-order valence-electron chi connectivity index (χ0n) is 22.4. The molecule has 0 aliphatic heterocycles. The number of aromatic nitrogens is 2. The second kappa shape index (κ2) is 11.0. The van der Waals surface area contributed by atoms with Crippen LogP contribution in [-0.4, -0.2) is 16.6 Å². The van der Waals surface area contributed by atoms with Crippen molar-refractivity contribution in [2.24, 2.45) is 0 Å². The van der Waals surface area contributed by atoms with Crippen LogP contribution in [0, 0.1) is 0 Å². The smallest absolute Gasteiger partial charge is 0.298 e. The number of halogens is 3. The van der Waals surface area contributed by atoms with E-state index in [1.165, 1.54) is 0 Å². The van der Waals surface area contributed by atoms with Crippen molar-refractivity contribution in [1.29, 1.82) is 0 Å². The van der Waals surface area contributed by atoms with Crippen LogP contribution in [0.5, 0.6) is 11.5 Å². The second-order valence-electron chi connectivity index (χ2n) is 10.6. The first-order valence-corrected chi connectivity index (χ1v) is 15.0. The number of thiazole rings is 1. The van der Waals surface area contributed by atoms with Crippen molar-refractivity contribution in [3.63, 3.8) is 0 Å². The lowest BCUT2D eigenvalue weighted by Gasteiger charge is -2.15. The largest absolute Gasteiger partial charge is 0.489 e. The lowest BCUT2D eigenvalue weighted by molar-refractivity contribution is -0.120. The van der Waals surface area contributed by atoms with Crippen LogP contribution in [0.3, 0.4) is 0 Å². The molecule has 1 fully saturated rings. The number of rotatable bonds is 9. The SMILES string of the molecule is CC(C)c1onc(-c2c(Cl)cccc2Cl)c1COc1ccc(C2(C)CC2c2nc3ccc(OC=O)cc3s2)c(Cl)c1. The molecule has 2 atom stereocenters. The number of nitrogens with zero attached hydrogens (tertiary/aromatic N) is 2. The van der Waals surface area contributed by atoms with E-state index in [1.54, 1.807) is 35.6 Å². The Labute approximate surface area is 256 Å². The quantitative estimate of drug-likeness (QED) is 0.152. The Kier molecular flexibility index (Phi) is 7.49. The van der Waals surface area contributed by atoms with Crippen LogP contribution in [0.4, 0.5) is 0 Å². The van der Waals surface area contributed by atoms with Gasteiger partial charge in [-0.15, -0.1) is 11.3 Å². The minimum Gasteiger partial charge on any atom is -0.489 e. The van der Waals surface area contributed by atoms with E-state index in [4.69, 9.17) is 53.8 Å². The molecule has 2 heterocycles. The van der Waals surface area contributed by atoms with Gasteiger partial charge in [0.15, 0.2) is 0 Å². The normalized spacial score (nSPS) is 18.2. The van der Waals surface area contributed by atoms with Crippen molar-refractivity contribution in [3.8, 4) is 22.8 Å². The molecule has 0 radical (unpaired) electrons. The Morgan fingerprint density at radius 3 is 2.54 bits per heavy atom. The van der Waals surface area contributed by atoms with Gasteiger partial charge in [0.1, 0.15) is 29.6 Å². The highest BCUT2D eigenvalue weighted by atomic mass is 35.5. The molecule has 5 aromatic rings. The van der Waals surface area contributed by atoms with Crippen molar-refractivity contribution in [1.82, 2.24) is 10.1 Å². The predicted molar refractivity (Wildman–Crippen MR) is 163 cm³/mol. The molecule has 0 amide bonds. The summed E-state index contributed by atoms with van der Waals surface area (Å²) in [6.45, 7) is 6.91. The van der Waals surface area contributed by atoms with E-state index < -0.39 is 0 Å². The zero-order valence-corrected chi connectivity index (χ0v) is 25.5. The Hall–Kier alpha value is -3.10. The van der Waals surface area contributed by atoms with Crippen LogP contribution in [-0.2, 0) is 16.8 Å². The predicted octanol–water partition coefficient (Wildman–Crippen LogP) is 9.59. The number of ether oxygens (including phenoxy) is 2. The van der Waals surface area contributed by atoms with Crippen LogP contribution in [0.15, 0.2) is 59.1 Å². The summed E-state index contributed by atoms with van der Waals surface area (Å²) in [6, 6.07) is 16.6. The van der Waals surface area contributed by atoms with Crippen LogP contribution in [0.2, 0.25) is 15.1 Å². The maximum atomic E-state index is 10.7. The summed E-state index contributed by atoms with van der Waals surface area (Å²) in [5.74, 6) is 2.18. The minimum atomic E-state index is -0.140. The Bertz CT molecular complexity index is 1760. The highest BCUT2D eigenvalue weighted by Crippen LogP contribution is 2.62. The first-order chi connectivity index (χ1) is 19.7. The lowest BCUT2D eigenvalue weighted by atomic mass is 9.95. The highest BCUT2D eigenvalue weighted by Gasteiger charge is 2.54. The fourth-order valence-electron chi connectivity index (χ4n) is 5.26. The van der Waals surface area contributed by atoms with E-state index in [-0.39, 0.29) is 23.9 Å². The van der Waals surface area contributed by atoms with E-state index in [0.717, 1.165) is 32.8 Å². The van der Waals surface area contributed by atoms with Crippen molar-refractivity contribution < 1.29 is 18.8 Å². The van der Waals surface area contributed by atoms with Crippen molar-refractivity contribution in [2.45, 2.75) is 51.0 Å². The molecule has 1 aliphatic carbocycles. The summed E-state index contributed by atoms with van der Waals surface area (Å²) < 4.78 is 17.9. The number of benzene rings is 3. The summed E-state index contributed by atoms with van der Waals surface area (Å²) in [5, 5.41) is 6.97. The first kappa shape index (κ1) is 28.0. The van der Waals surface area contributed by atoms with E-state index >= 15 is 0 Å². The molecule has 2 aromatic heterocycles. The summed E-state index contributed by atoms with van der Waals surface area (Å²) >= 11 is 21.4. The van der Waals surface area contributed by atoms with Crippen molar-refractivity contribution >= 4 is 62.8 Å². The van der Waals surface area contributed by atoms with Gasteiger partial charge in [0, 0.05) is 33.9 Å². The number of carbonyl (C=O) groups is 1. The fourth-order valence-corrected chi connectivity index (χ4v) is 7.47. The van der Waals surface area contributed by atoms with E-state index in [9.17, 15) is 4.79 Å². The maximum absolute atomic E-state index is 10.7. The Morgan fingerprint density at radius 1 is 1.07 bits per heavy atom. The van der Waals surface area contributed by atoms with Crippen LogP contribution in [0.1, 0.15) is 60.9 Å². The van der Waals surface area contributed by atoms with Gasteiger partial charge in [-0.2, -0.15) is 0 Å². The van der Waals surface area contributed by atoms with Gasteiger partial charge >= 0.3 is 0 Å². The number of hydrogen-bond acceptors (Lipinski definition) is 7. The van der Waals surface area contributed by atoms with Gasteiger partial charge < -0.3 is 14.0 Å². The van der Waals surface area contributed by atoms with Gasteiger partial charge in [-0.25, -0.2) is 4.98 Å². The third-order valence-electron chi connectivity index (χ3n) is 7.58. The van der Waals surface area contributed by atoms with E-state index in [2.05, 4.69) is 12.1 Å². The van der Waals surface area contributed by atoms with Gasteiger partial charge in [0.25, 0.3) is 6.47 Å². The molecular formula is C31H25Cl3N2O4S. The molecule has 0 N–H and O–H groups in total. The molecule has 0 bridgehead atoms. The monoisotopic (exact) mass is 626 g/mol. The third-order valence-corrected chi connectivity index (χ3v) is 9.65. The van der Waals surface area contributed by atoms with Gasteiger partial charge in [0.2, 0.25) is 0 Å². The maximum Gasteiger partial charge on any atom is 0.298 e. The molecule has 0 spiro atoms. The van der Waals surface area contributed by atoms with Gasteiger partial charge in [-0.1, -0.05) is 72.9 Å². The number of hydrogen-bond donors (Lipinski definition) is 0. The molecular weight excluding hydrogens is 603 g/mol. The Balaban J connectivity index is 1.22. The number of carbonyl (C=O) groups excluding carboxylic acids is 1. The molecule has 6 nitrogen and oxygen atoms in total. The van der Waals surface area contributed by atoms with Gasteiger partial charge in [0.05, 0.1) is 30.8 Å². The van der Waals surface area contributed by atoms with E-state index in [1.807, 2.05) is 44.2 Å². The standard InChI is InChI=1S/C31H25Cl3N2O4S/c1-16(2)29-19(28(36-40-29)27-22(32)5-4-6-23(27)33)14-38-17-7-9-20(24(34)11-17)31(3)13-21(31)30-35-25-10-8-18(39-15-37)12-26(25)41-30/h4-12,15-16,21H,13-14H2,1-3H3. The average Bonchev–Trinajstić information content (AvgIpc) is 3.25. The molecule has 3 aromatic carbocycles. The van der Waals surface area contributed by atoms with Crippen LogP contribution >= 0.6 is 46.1 Å². The molecule has 1 saturated carbocycles. The molecule has 210 valence electrons.